The van der Waals surface area contributed by atoms with E-state index >= 15 is 0 Å². The van der Waals surface area contributed by atoms with Crippen LogP contribution in [0.1, 0.15) is 62.5 Å². The first-order valence-electron chi connectivity index (χ1n) is 12.6. The molecule has 35 heavy (non-hydrogen) atoms. The molecule has 2 aromatic carbocycles. The summed E-state index contributed by atoms with van der Waals surface area (Å²) in [6.07, 6.45) is 3.91. The fraction of sp³-hybridized carbons (Fsp3) is 0.464. The average Bonchev–Trinajstić information content (AvgIpc) is 3.19. The SMILES string of the molecule is CC(CCCNC(=O)OCC1c2ccccc2-c2ccccc21)C(=O)NC1CCCCC1C(=O)O. The Hall–Kier alpha value is -3.35. The first-order chi connectivity index (χ1) is 17.0. The number of alkyl carbamates (subject to hydrolysis) is 1. The van der Waals surface area contributed by atoms with Crippen molar-refractivity contribution < 1.29 is 24.2 Å². The van der Waals surface area contributed by atoms with Gasteiger partial charge in [-0.05, 0) is 47.9 Å². The Morgan fingerprint density at radius 3 is 2.29 bits per heavy atom. The number of benzene rings is 2. The second-order valence-electron chi connectivity index (χ2n) is 9.64. The quantitative estimate of drug-likeness (QED) is 0.453. The molecule has 3 unspecified atom stereocenters. The van der Waals surface area contributed by atoms with Crippen LogP contribution in [0.25, 0.3) is 11.1 Å². The lowest BCUT2D eigenvalue weighted by molar-refractivity contribution is -0.144. The maximum atomic E-state index is 12.5. The first kappa shape index (κ1) is 24.8. The summed E-state index contributed by atoms with van der Waals surface area (Å²) in [5.41, 5.74) is 4.72. The predicted molar refractivity (Wildman–Crippen MR) is 133 cm³/mol. The maximum absolute atomic E-state index is 12.5. The van der Waals surface area contributed by atoms with Crippen LogP contribution in [0.2, 0.25) is 0 Å². The van der Waals surface area contributed by atoms with Crippen LogP contribution in [-0.2, 0) is 14.3 Å². The highest BCUT2D eigenvalue weighted by molar-refractivity contribution is 5.80. The van der Waals surface area contributed by atoms with Gasteiger partial charge in [-0.25, -0.2) is 4.79 Å². The van der Waals surface area contributed by atoms with E-state index in [1.54, 1.807) is 0 Å². The molecule has 1 fully saturated rings. The van der Waals surface area contributed by atoms with Crippen molar-refractivity contribution in [2.24, 2.45) is 11.8 Å². The molecule has 1 saturated carbocycles. The zero-order chi connectivity index (χ0) is 24.8. The third-order valence-corrected chi connectivity index (χ3v) is 7.29. The van der Waals surface area contributed by atoms with Gasteiger partial charge < -0.3 is 20.5 Å². The molecule has 4 rings (SSSR count). The molecule has 2 aromatic rings. The minimum Gasteiger partial charge on any atom is -0.481 e. The number of amides is 2. The van der Waals surface area contributed by atoms with Crippen molar-refractivity contribution in [3.63, 3.8) is 0 Å². The Bertz CT molecular complexity index is 1020. The predicted octanol–water partition coefficient (Wildman–Crippen LogP) is 4.70. The third-order valence-electron chi connectivity index (χ3n) is 7.29. The lowest BCUT2D eigenvalue weighted by Gasteiger charge is -2.30. The minimum atomic E-state index is -0.838. The molecule has 0 aliphatic heterocycles. The molecule has 0 aromatic heterocycles. The highest BCUT2D eigenvalue weighted by atomic mass is 16.5. The topological polar surface area (TPSA) is 105 Å². The van der Waals surface area contributed by atoms with Crippen LogP contribution in [0.15, 0.2) is 48.5 Å². The van der Waals surface area contributed by atoms with Crippen LogP contribution in [0, 0.1) is 11.8 Å². The summed E-state index contributed by atoms with van der Waals surface area (Å²) in [6.45, 7) is 2.52. The first-order valence-corrected chi connectivity index (χ1v) is 12.6. The van der Waals surface area contributed by atoms with Gasteiger partial charge in [0, 0.05) is 24.4 Å². The van der Waals surface area contributed by atoms with Crippen LogP contribution in [0.4, 0.5) is 4.79 Å². The molecule has 0 heterocycles. The second-order valence-corrected chi connectivity index (χ2v) is 9.64. The lowest BCUT2D eigenvalue weighted by atomic mass is 9.84. The van der Waals surface area contributed by atoms with Crippen molar-refractivity contribution in [1.82, 2.24) is 10.6 Å². The molecule has 0 bridgehead atoms. The summed E-state index contributed by atoms with van der Waals surface area (Å²) in [5, 5.41) is 15.1. The van der Waals surface area contributed by atoms with Crippen LogP contribution in [0.3, 0.4) is 0 Å². The van der Waals surface area contributed by atoms with Gasteiger partial charge >= 0.3 is 12.1 Å². The number of carboxylic acids is 1. The Morgan fingerprint density at radius 2 is 1.63 bits per heavy atom. The maximum Gasteiger partial charge on any atom is 0.407 e. The number of aliphatic carboxylic acids is 1. The number of carbonyl (C=O) groups excluding carboxylic acids is 2. The van der Waals surface area contributed by atoms with E-state index in [-0.39, 0.29) is 30.4 Å². The van der Waals surface area contributed by atoms with Gasteiger partial charge in [0.2, 0.25) is 5.91 Å². The molecule has 2 aliphatic carbocycles. The highest BCUT2D eigenvalue weighted by Gasteiger charge is 2.32. The van der Waals surface area contributed by atoms with Crippen molar-refractivity contribution >= 4 is 18.0 Å². The summed E-state index contributed by atoms with van der Waals surface area (Å²) in [6, 6.07) is 16.1. The Balaban J connectivity index is 1.18. The Morgan fingerprint density at radius 1 is 1.00 bits per heavy atom. The number of rotatable bonds is 9. The molecule has 7 heteroatoms. The number of carboxylic acid groups (broad SMARTS) is 1. The molecule has 3 atom stereocenters. The Kier molecular flexibility index (Phi) is 8.06. The van der Waals surface area contributed by atoms with E-state index in [0.717, 1.165) is 12.8 Å². The molecule has 0 radical (unpaired) electrons. The number of hydrogen-bond acceptors (Lipinski definition) is 4. The van der Waals surface area contributed by atoms with Crippen LogP contribution < -0.4 is 10.6 Å². The van der Waals surface area contributed by atoms with Crippen molar-refractivity contribution in [3.8, 4) is 11.1 Å². The smallest absolute Gasteiger partial charge is 0.407 e. The highest BCUT2D eigenvalue weighted by Crippen LogP contribution is 2.44. The third kappa shape index (κ3) is 5.84. The summed E-state index contributed by atoms with van der Waals surface area (Å²) in [5.74, 6) is -1.70. The number of ether oxygens (including phenoxy) is 1. The molecule has 0 spiro atoms. The number of nitrogens with one attached hydrogen (secondary N) is 2. The largest absolute Gasteiger partial charge is 0.481 e. The van der Waals surface area contributed by atoms with Crippen molar-refractivity contribution in [3.05, 3.63) is 59.7 Å². The van der Waals surface area contributed by atoms with Crippen LogP contribution in [-0.4, -0.2) is 42.3 Å². The minimum absolute atomic E-state index is 0.0197. The fourth-order valence-corrected chi connectivity index (χ4v) is 5.30. The van der Waals surface area contributed by atoms with Gasteiger partial charge in [0.25, 0.3) is 0 Å². The second kappa shape index (κ2) is 11.4. The molecule has 186 valence electrons. The van der Waals surface area contributed by atoms with Crippen LogP contribution >= 0.6 is 0 Å². The number of fused-ring (bicyclic) bond motifs is 3. The Labute approximate surface area is 206 Å². The average molecular weight is 479 g/mol. The summed E-state index contributed by atoms with van der Waals surface area (Å²) in [7, 11) is 0. The summed E-state index contributed by atoms with van der Waals surface area (Å²) >= 11 is 0. The van der Waals surface area contributed by atoms with E-state index in [9.17, 15) is 19.5 Å². The molecule has 3 N–H and O–H groups in total. The van der Waals surface area contributed by atoms with Crippen molar-refractivity contribution in [2.45, 2.75) is 57.4 Å². The molecular formula is C28H34N2O5. The number of hydrogen-bond donors (Lipinski definition) is 3. The molecule has 2 aliphatic rings. The lowest BCUT2D eigenvalue weighted by Crippen LogP contribution is -2.46. The number of carbonyl (C=O) groups is 3. The van der Waals surface area contributed by atoms with Gasteiger partial charge in [-0.2, -0.15) is 0 Å². The van der Waals surface area contributed by atoms with Gasteiger partial charge in [-0.3, -0.25) is 9.59 Å². The van der Waals surface area contributed by atoms with E-state index in [4.69, 9.17) is 4.74 Å². The monoisotopic (exact) mass is 478 g/mol. The van der Waals surface area contributed by atoms with Gasteiger partial charge in [-0.15, -0.1) is 0 Å². The van der Waals surface area contributed by atoms with E-state index in [0.29, 0.717) is 32.2 Å². The van der Waals surface area contributed by atoms with E-state index in [1.807, 2.05) is 31.2 Å². The van der Waals surface area contributed by atoms with Crippen molar-refractivity contribution in [2.75, 3.05) is 13.2 Å². The summed E-state index contributed by atoms with van der Waals surface area (Å²) in [4.78, 5) is 36.3. The van der Waals surface area contributed by atoms with Gasteiger partial charge in [-0.1, -0.05) is 68.3 Å². The van der Waals surface area contributed by atoms with Crippen LogP contribution in [0.5, 0.6) is 0 Å². The molecule has 7 nitrogen and oxygen atoms in total. The molecule has 0 saturated heterocycles. The zero-order valence-corrected chi connectivity index (χ0v) is 20.2. The van der Waals surface area contributed by atoms with Gasteiger partial charge in [0.05, 0.1) is 5.92 Å². The van der Waals surface area contributed by atoms with Crippen molar-refractivity contribution in [1.29, 1.82) is 0 Å². The normalized spacial score (nSPS) is 19.8. The summed E-state index contributed by atoms with van der Waals surface area (Å²) < 4.78 is 5.54. The van der Waals surface area contributed by atoms with Gasteiger partial charge in [0.1, 0.15) is 6.61 Å². The molecular weight excluding hydrogens is 444 g/mol. The fourth-order valence-electron chi connectivity index (χ4n) is 5.30. The van der Waals surface area contributed by atoms with Gasteiger partial charge in [0.15, 0.2) is 0 Å². The van der Waals surface area contributed by atoms with E-state index in [1.165, 1.54) is 22.3 Å². The van der Waals surface area contributed by atoms with E-state index < -0.39 is 18.0 Å². The zero-order valence-electron chi connectivity index (χ0n) is 20.2. The molecule has 2 amide bonds. The van der Waals surface area contributed by atoms with E-state index in [2.05, 4.69) is 34.9 Å². The standard InChI is InChI=1S/C28H34N2O5/c1-18(26(31)30-25-15-7-6-14-23(25)27(32)33)9-8-16-29-28(34)35-17-24-21-12-4-2-10-19(21)20-11-3-5-13-22(20)24/h2-5,10-13,18,23-25H,6-9,14-17H2,1H3,(H,29,34)(H,30,31)(H,32,33).